The van der Waals surface area contributed by atoms with E-state index in [9.17, 15) is 0 Å². The van der Waals surface area contributed by atoms with E-state index in [1.54, 1.807) is 0 Å². The van der Waals surface area contributed by atoms with E-state index in [2.05, 4.69) is 0 Å². The summed E-state index contributed by atoms with van der Waals surface area (Å²) in [6, 6.07) is 1.99. The maximum absolute atomic E-state index is 8.20. The minimum absolute atomic E-state index is 0.406. The first-order chi connectivity index (χ1) is 5.22. The molecule has 0 radical (unpaired) electrons. The van der Waals surface area contributed by atoms with Crippen LogP contribution in [0.25, 0.3) is 0 Å². The molecule has 0 aliphatic heterocycles. The lowest BCUT2D eigenvalue weighted by molar-refractivity contribution is 0.339. The Morgan fingerprint density at radius 2 is 2.36 bits per heavy atom. The number of rotatable bonds is 5. The van der Waals surface area contributed by atoms with Gasteiger partial charge in [-0.25, -0.2) is 0 Å². The molecular weight excluding hydrogens is 183 g/mol. The molecule has 0 rings (SSSR count). The van der Waals surface area contributed by atoms with Crippen molar-refractivity contribution < 1.29 is 4.52 Å². The standard InChI is InChI=1S/C6H12ClN2OP/c1-3-9(2)11(7)10-6-4-5-8/h3-4,6H2,1-2H3. The lowest BCUT2D eigenvalue weighted by Gasteiger charge is -2.18. The molecule has 64 valence electrons. The van der Waals surface area contributed by atoms with Gasteiger partial charge in [0.05, 0.1) is 19.1 Å². The molecule has 0 aromatic heterocycles. The van der Waals surface area contributed by atoms with E-state index in [1.165, 1.54) is 0 Å². The van der Waals surface area contributed by atoms with Crippen LogP contribution in [-0.2, 0) is 4.52 Å². The Kier molecular flexibility index (Phi) is 6.90. The SMILES string of the molecule is CCN(C)P(Cl)OCCC#N. The average Bonchev–Trinajstić information content (AvgIpc) is 2.03. The molecule has 0 aromatic carbocycles. The normalized spacial score (nSPS) is 13.0. The van der Waals surface area contributed by atoms with Crippen molar-refractivity contribution in [3.63, 3.8) is 0 Å². The zero-order chi connectivity index (χ0) is 8.69. The molecule has 1 unspecified atom stereocenters. The van der Waals surface area contributed by atoms with Crippen molar-refractivity contribution >= 4 is 18.9 Å². The molecule has 3 nitrogen and oxygen atoms in total. The van der Waals surface area contributed by atoms with Gasteiger partial charge in [0.25, 0.3) is 0 Å². The van der Waals surface area contributed by atoms with Crippen molar-refractivity contribution in [1.82, 2.24) is 4.67 Å². The van der Waals surface area contributed by atoms with E-state index >= 15 is 0 Å². The van der Waals surface area contributed by atoms with E-state index in [0.717, 1.165) is 6.54 Å². The van der Waals surface area contributed by atoms with E-state index in [0.29, 0.717) is 13.0 Å². The molecule has 0 aliphatic rings. The summed E-state index contributed by atoms with van der Waals surface area (Å²) in [5.74, 6) is 0. The van der Waals surface area contributed by atoms with Crippen LogP contribution < -0.4 is 0 Å². The molecule has 0 saturated heterocycles. The maximum atomic E-state index is 8.20. The fourth-order valence-electron chi connectivity index (χ4n) is 0.376. The summed E-state index contributed by atoms with van der Waals surface area (Å²) in [6.45, 7) is 3.29. The smallest absolute Gasteiger partial charge is 0.206 e. The quantitative estimate of drug-likeness (QED) is 0.498. The Bertz CT molecular complexity index is 139. The third-order valence-corrected chi connectivity index (χ3v) is 3.42. The lowest BCUT2D eigenvalue weighted by atomic mass is 10.5. The van der Waals surface area contributed by atoms with Crippen molar-refractivity contribution in [2.24, 2.45) is 0 Å². The molecule has 0 N–H and O–H groups in total. The topological polar surface area (TPSA) is 36.3 Å². The first kappa shape index (κ1) is 11.1. The van der Waals surface area contributed by atoms with Crippen LogP contribution in [-0.4, -0.2) is 24.9 Å². The molecule has 0 fully saturated rings. The summed E-state index contributed by atoms with van der Waals surface area (Å²) in [5.41, 5.74) is 0. The Labute approximate surface area is 73.6 Å². The average molecular weight is 195 g/mol. The van der Waals surface area contributed by atoms with Gasteiger partial charge < -0.3 is 4.52 Å². The molecule has 5 heteroatoms. The highest BCUT2D eigenvalue weighted by Gasteiger charge is 2.09. The summed E-state index contributed by atoms with van der Waals surface area (Å²) in [7, 11) is 0.895. The second kappa shape index (κ2) is 6.82. The van der Waals surface area contributed by atoms with Crippen molar-refractivity contribution in [2.45, 2.75) is 13.3 Å². The van der Waals surface area contributed by atoms with Gasteiger partial charge in [-0.3, -0.25) is 4.67 Å². The van der Waals surface area contributed by atoms with Gasteiger partial charge in [-0.2, -0.15) is 5.26 Å². The second-order valence-corrected chi connectivity index (χ2v) is 4.20. The number of nitrogens with zero attached hydrogens (tertiary/aromatic N) is 2. The fraction of sp³-hybridized carbons (Fsp3) is 0.833. The van der Waals surface area contributed by atoms with Gasteiger partial charge in [0.1, 0.15) is 0 Å². The zero-order valence-corrected chi connectivity index (χ0v) is 8.40. The van der Waals surface area contributed by atoms with Crippen molar-refractivity contribution in [3.8, 4) is 6.07 Å². The van der Waals surface area contributed by atoms with Gasteiger partial charge in [0, 0.05) is 6.54 Å². The van der Waals surface area contributed by atoms with E-state index < -0.39 is 7.65 Å². The predicted octanol–water partition coefficient (Wildman–Crippen LogP) is 2.33. The van der Waals surface area contributed by atoms with Crippen LogP contribution in [0, 0.1) is 11.3 Å². The third-order valence-electron chi connectivity index (χ3n) is 1.14. The second-order valence-electron chi connectivity index (χ2n) is 1.94. The van der Waals surface area contributed by atoms with Gasteiger partial charge in [-0.1, -0.05) is 6.92 Å². The van der Waals surface area contributed by atoms with Gasteiger partial charge in [0.15, 0.2) is 0 Å². The molecule has 0 aromatic rings. The van der Waals surface area contributed by atoms with E-state index in [4.69, 9.17) is 21.0 Å². The number of nitriles is 1. The highest BCUT2D eigenvalue weighted by Crippen LogP contribution is 2.44. The lowest BCUT2D eigenvalue weighted by Crippen LogP contribution is -2.09. The summed E-state index contributed by atoms with van der Waals surface area (Å²) in [6.07, 6.45) is 0.406. The minimum atomic E-state index is -0.999. The van der Waals surface area contributed by atoms with Gasteiger partial charge in [0.2, 0.25) is 7.65 Å². The summed E-state index contributed by atoms with van der Waals surface area (Å²) < 4.78 is 7.08. The van der Waals surface area contributed by atoms with Gasteiger partial charge in [-0.15, -0.1) is 0 Å². The van der Waals surface area contributed by atoms with Gasteiger partial charge in [-0.05, 0) is 18.3 Å². The number of hydrogen-bond acceptors (Lipinski definition) is 3. The molecule has 0 bridgehead atoms. The summed E-state index contributed by atoms with van der Waals surface area (Å²) in [4.78, 5) is 0. The van der Waals surface area contributed by atoms with Crippen molar-refractivity contribution in [1.29, 1.82) is 5.26 Å². The zero-order valence-electron chi connectivity index (χ0n) is 6.75. The molecule has 0 spiro atoms. The third kappa shape index (κ3) is 5.41. The molecule has 1 atom stereocenters. The summed E-state index contributed by atoms with van der Waals surface area (Å²) >= 11 is 5.83. The Morgan fingerprint density at radius 3 is 2.82 bits per heavy atom. The predicted molar refractivity (Wildman–Crippen MR) is 47.3 cm³/mol. The van der Waals surface area contributed by atoms with E-state index in [-0.39, 0.29) is 0 Å². The number of hydrogen-bond donors (Lipinski definition) is 0. The van der Waals surface area contributed by atoms with Gasteiger partial charge >= 0.3 is 0 Å². The Hall–Kier alpha value is 0.130. The first-order valence-electron chi connectivity index (χ1n) is 3.39. The maximum Gasteiger partial charge on any atom is 0.206 e. The van der Waals surface area contributed by atoms with Crippen LogP contribution in [0.4, 0.5) is 0 Å². The monoisotopic (exact) mass is 194 g/mol. The molecule has 0 saturated carbocycles. The molecular formula is C6H12ClN2OP. The summed E-state index contributed by atoms with van der Waals surface area (Å²) in [5, 5.41) is 8.20. The van der Waals surface area contributed by atoms with Crippen LogP contribution in [0.2, 0.25) is 0 Å². The van der Waals surface area contributed by atoms with Crippen LogP contribution in [0.1, 0.15) is 13.3 Å². The van der Waals surface area contributed by atoms with Crippen LogP contribution in [0.15, 0.2) is 0 Å². The van der Waals surface area contributed by atoms with Crippen LogP contribution in [0.5, 0.6) is 0 Å². The Balaban J connectivity index is 3.37. The minimum Gasteiger partial charge on any atom is -0.330 e. The van der Waals surface area contributed by atoms with Crippen LogP contribution in [0.3, 0.4) is 0 Å². The fourth-order valence-corrected chi connectivity index (χ4v) is 1.57. The van der Waals surface area contributed by atoms with Crippen LogP contribution >= 0.6 is 18.9 Å². The molecule has 0 heterocycles. The first-order valence-corrected chi connectivity index (χ1v) is 5.51. The van der Waals surface area contributed by atoms with Crippen molar-refractivity contribution in [2.75, 3.05) is 20.2 Å². The largest absolute Gasteiger partial charge is 0.330 e. The highest BCUT2D eigenvalue weighted by molar-refractivity contribution is 7.78. The van der Waals surface area contributed by atoms with Crippen molar-refractivity contribution in [3.05, 3.63) is 0 Å². The number of halogens is 1. The molecule has 0 amide bonds. The molecule has 11 heavy (non-hydrogen) atoms. The van der Waals surface area contributed by atoms with E-state index in [1.807, 2.05) is 24.7 Å². The Morgan fingerprint density at radius 1 is 1.73 bits per heavy atom. The highest BCUT2D eigenvalue weighted by atomic mass is 35.7. The molecule has 0 aliphatic carbocycles.